The van der Waals surface area contributed by atoms with Crippen molar-refractivity contribution in [3.05, 3.63) is 106 Å². The van der Waals surface area contributed by atoms with Crippen LogP contribution in [0.3, 0.4) is 0 Å². The van der Waals surface area contributed by atoms with Crippen LogP contribution in [-0.4, -0.2) is 29.5 Å². The number of aromatic nitrogens is 6. The van der Waals surface area contributed by atoms with Crippen LogP contribution in [0.2, 0.25) is 5.02 Å². The molecule has 1 atom stereocenters. The van der Waals surface area contributed by atoms with E-state index in [9.17, 15) is 4.79 Å². The lowest BCUT2D eigenvalue weighted by atomic mass is 10.2. The second-order valence-corrected chi connectivity index (χ2v) is 8.18. The summed E-state index contributed by atoms with van der Waals surface area (Å²) in [7, 11) is 0. The summed E-state index contributed by atoms with van der Waals surface area (Å²) >= 11 is 6.38. The molecule has 0 aliphatic rings. The maximum Gasteiger partial charge on any atom is 0.267 e. The first-order valence-electron chi connectivity index (χ1n) is 10.9. The molecule has 0 fully saturated rings. The van der Waals surface area contributed by atoms with Crippen LogP contribution < -0.4 is 16.6 Å². The van der Waals surface area contributed by atoms with Crippen LogP contribution in [0.5, 0.6) is 0 Å². The molecule has 3 aromatic heterocycles. The third-order valence-corrected chi connectivity index (χ3v) is 5.70. The first kappa shape index (κ1) is 23.0. The number of nitrogen functional groups attached to an aromatic ring is 1. The Kier molecular flexibility index (Phi) is 6.26. The van der Waals surface area contributed by atoms with E-state index in [4.69, 9.17) is 22.3 Å². The number of para-hydroxylation sites is 1. The monoisotopic (exact) mass is 494 g/mol. The SMILES string of the molecule is CC(Nc1ncnc(N)c1C#Cc1cnccn1)c1nc2cccc(Cl)c2c(=O)n1-c1ccccc1. The van der Waals surface area contributed by atoms with Gasteiger partial charge < -0.3 is 11.1 Å². The van der Waals surface area contributed by atoms with Gasteiger partial charge in [0, 0.05) is 12.4 Å². The van der Waals surface area contributed by atoms with Crippen LogP contribution in [0.25, 0.3) is 16.6 Å². The number of halogens is 1. The molecular formula is C26H19ClN8O. The number of nitrogens with one attached hydrogen (secondary N) is 1. The van der Waals surface area contributed by atoms with Crippen LogP contribution in [-0.2, 0) is 0 Å². The molecule has 0 saturated heterocycles. The zero-order valence-corrected chi connectivity index (χ0v) is 19.8. The third-order valence-electron chi connectivity index (χ3n) is 5.38. The standard InChI is InChI=1S/C26H19ClN8O/c1-16(33-24-19(23(28)31-15-32-24)11-10-17-14-29-12-13-30-17)25-34-21-9-5-8-20(27)22(21)26(36)35(25)18-6-3-2-4-7-18/h2-9,12-16H,1H3,(H3,28,31,32,33). The fourth-order valence-corrected chi connectivity index (χ4v) is 3.97. The molecule has 0 aliphatic heterocycles. The van der Waals surface area contributed by atoms with Gasteiger partial charge in [-0.25, -0.2) is 19.9 Å². The van der Waals surface area contributed by atoms with E-state index in [-0.39, 0.29) is 11.4 Å². The van der Waals surface area contributed by atoms with Gasteiger partial charge in [-0.2, -0.15) is 0 Å². The number of anilines is 2. The smallest absolute Gasteiger partial charge is 0.267 e. The van der Waals surface area contributed by atoms with Gasteiger partial charge in [-0.05, 0) is 37.1 Å². The van der Waals surface area contributed by atoms with Crippen molar-refractivity contribution in [1.82, 2.24) is 29.5 Å². The number of benzene rings is 2. The Hall–Kier alpha value is -4.81. The molecule has 1 unspecified atom stereocenters. The molecule has 3 heterocycles. The second-order valence-electron chi connectivity index (χ2n) is 7.77. The minimum absolute atomic E-state index is 0.204. The Bertz CT molecular complexity index is 1680. The molecule has 0 spiro atoms. The number of hydrogen-bond acceptors (Lipinski definition) is 8. The fourth-order valence-electron chi connectivity index (χ4n) is 3.72. The quantitative estimate of drug-likeness (QED) is 0.362. The summed E-state index contributed by atoms with van der Waals surface area (Å²) in [6, 6.07) is 14.0. The predicted molar refractivity (Wildman–Crippen MR) is 139 cm³/mol. The highest BCUT2D eigenvalue weighted by Crippen LogP contribution is 2.26. The van der Waals surface area contributed by atoms with Crippen LogP contribution >= 0.6 is 11.6 Å². The van der Waals surface area contributed by atoms with Gasteiger partial charge >= 0.3 is 0 Å². The Labute approximate surface area is 211 Å². The average molecular weight is 495 g/mol. The Morgan fingerprint density at radius 3 is 2.64 bits per heavy atom. The van der Waals surface area contributed by atoms with Crippen molar-refractivity contribution in [2.45, 2.75) is 13.0 Å². The van der Waals surface area contributed by atoms with Gasteiger partial charge in [-0.3, -0.25) is 14.3 Å². The molecule has 0 aliphatic carbocycles. The molecule has 2 aromatic carbocycles. The summed E-state index contributed by atoms with van der Waals surface area (Å²) in [4.78, 5) is 35.0. The van der Waals surface area contributed by atoms with E-state index in [1.54, 1.807) is 41.4 Å². The van der Waals surface area contributed by atoms with Crippen LogP contribution in [0.4, 0.5) is 11.6 Å². The number of rotatable bonds is 4. The van der Waals surface area contributed by atoms with Gasteiger partial charge in [-0.1, -0.05) is 41.8 Å². The molecule has 9 nitrogen and oxygen atoms in total. The summed E-state index contributed by atoms with van der Waals surface area (Å²) in [5.74, 6) is 6.96. The third kappa shape index (κ3) is 4.45. The molecule has 0 radical (unpaired) electrons. The Morgan fingerprint density at radius 2 is 1.86 bits per heavy atom. The summed E-state index contributed by atoms with van der Waals surface area (Å²) in [5, 5.41) is 3.98. The summed E-state index contributed by atoms with van der Waals surface area (Å²) in [6.45, 7) is 1.87. The molecule has 0 saturated carbocycles. The van der Waals surface area contributed by atoms with Crippen molar-refractivity contribution < 1.29 is 0 Å². The lowest BCUT2D eigenvalue weighted by Crippen LogP contribution is -2.27. The van der Waals surface area contributed by atoms with Gasteiger partial charge in [0.2, 0.25) is 0 Å². The molecule has 0 bridgehead atoms. The van der Waals surface area contributed by atoms with Crippen molar-refractivity contribution in [3.63, 3.8) is 0 Å². The van der Waals surface area contributed by atoms with Crippen LogP contribution in [0, 0.1) is 11.8 Å². The van der Waals surface area contributed by atoms with Crippen LogP contribution in [0.1, 0.15) is 30.0 Å². The topological polar surface area (TPSA) is 124 Å². The van der Waals surface area contributed by atoms with Crippen molar-refractivity contribution in [3.8, 4) is 17.5 Å². The molecule has 3 N–H and O–H groups in total. The predicted octanol–water partition coefficient (Wildman–Crippen LogP) is 3.77. The average Bonchev–Trinajstić information content (AvgIpc) is 2.89. The highest BCUT2D eigenvalue weighted by Gasteiger charge is 2.21. The van der Waals surface area contributed by atoms with Gasteiger partial charge in [0.05, 0.1) is 33.9 Å². The van der Waals surface area contributed by atoms with E-state index in [1.807, 2.05) is 37.3 Å². The van der Waals surface area contributed by atoms with Crippen molar-refractivity contribution in [2.75, 3.05) is 11.1 Å². The highest BCUT2D eigenvalue weighted by atomic mass is 35.5. The maximum atomic E-state index is 13.6. The summed E-state index contributed by atoms with van der Waals surface area (Å²) < 4.78 is 1.54. The number of hydrogen-bond donors (Lipinski definition) is 2. The van der Waals surface area contributed by atoms with E-state index >= 15 is 0 Å². The Balaban J connectivity index is 1.62. The zero-order chi connectivity index (χ0) is 25.1. The number of nitrogens with zero attached hydrogens (tertiary/aromatic N) is 6. The van der Waals surface area contributed by atoms with Crippen LogP contribution in [0.15, 0.2) is 78.2 Å². The molecule has 0 amide bonds. The fraction of sp³-hybridized carbons (Fsp3) is 0.0769. The largest absolute Gasteiger partial charge is 0.382 e. The maximum absolute atomic E-state index is 13.6. The minimum atomic E-state index is -0.479. The van der Waals surface area contributed by atoms with Crippen molar-refractivity contribution >= 4 is 34.1 Å². The number of nitrogens with two attached hydrogens (primary N) is 1. The molecular weight excluding hydrogens is 476 g/mol. The van der Waals surface area contributed by atoms with E-state index in [2.05, 4.69) is 37.1 Å². The summed E-state index contributed by atoms with van der Waals surface area (Å²) in [5.41, 5.74) is 7.87. The lowest BCUT2D eigenvalue weighted by molar-refractivity contribution is 0.730. The van der Waals surface area contributed by atoms with Gasteiger partial charge in [0.15, 0.2) is 0 Å². The van der Waals surface area contributed by atoms with E-state index in [0.717, 1.165) is 0 Å². The molecule has 5 rings (SSSR count). The Morgan fingerprint density at radius 1 is 1.03 bits per heavy atom. The van der Waals surface area contributed by atoms with Gasteiger partial charge in [0.1, 0.15) is 35.0 Å². The van der Waals surface area contributed by atoms with E-state index < -0.39 is 6.04 Å². The van der Waals surface area contributed by atoms with Gasteiger partial charge in [0.25, 0.3) is 5.56 Å². The van der Waals surface area contributed by atoms with Crippen molar-refractivity contribution in [2.24, 2.45) is 0 Å². The first-order valence-corrected chi connectivity index (χ1v) is 11.3. The number of fused-ring (bicyclic) bond motifs is 1. The lowest BCUT2D eigenvalue weighted by Gasteiger charge is -2.21. The second kappa shape index (κ2) is 9.82. The van der Waals surface area contributed by atoms with E-state index in [0.29, 0.717) is 44.5 Å². The highest BCUT2D eigenvalue weighted by molar-refractivity contribution is 6.35. The molecule has 10 heteroatoms. The summed E-state index contributed by atoms with van der Waals surface area (Å²) in [6.07, 6.45) is 6.01. The molecule has 176 valence electrons. The minimum Gasteiger partial charge on any atom is -0.382 e. The van der Waals surface area contributed by atoms with Crippen molar-refractivity contribution in [1.29, 1.82) is 0 Å². The zero-order valence-electron chi connectivity index (χ0n) is 19.1. The van der Waals surface area contributed by atoms with Gasteiger partial charge in [-0.15, -0.1) is 0 Å². The van der Waals surface area contributed by atoms with E-state index in [1.165, 1.54) is 6.33 Å². The normalized spacial score (nSPS) is 11.5. The molecule has 5 aromatic rings. The first-order chi connectivity index (χ1) is 17.5. The molecule has 36 heavy (non-hydrogen) atoms.